The molecule has 4 fully saturated rings. The fourth-order valence-corrected chi connectivity index (χ4v) is 9.78. The van der Waals surface area contributed by atoms with E-state index in [2.05, 4.69) is 15.6 Å². The first kappa shape index (κ1) is 41.6. The van der Waals surface area contributed by atoms with Crippen LogP contribution < -0.4 is 24.8 Å². The van der Waals surface area contributed by atoms with Crippen molar-refractivity contribution in [3.8, 4) is 11.6 Å². The first-order valence-corrected chi connectivity index (χ1v) is 20.9. The zero-order valence-electron chi connectivity index (χ0n) is 32.2. The Morgan fingerprint density at radius 3 is 2.45 bits per heavy atom. The van der Waals surface area contributed by atoms with E-state index in [9.17, 15) is 49.5 Å². The molecule has 1 saturated heterocycles. The highest BCUT2D eigenvalue weighted by Gasteiger charge is 2.69. The molecule has 0 bridgehead atoms. The number of alkyl halides is 4. The summed E-state index contributed by atoms with van der Waals surface area (Å²) in [4.78, 5) is 61.8. The number of hydrogen-bond donors (Lipinski definition) is 3. The van der Waals surface area contributed by atoms with Crippen molar-refractivity contribution in [1.29, 1.82) is 0 Å². The van der Waals surface area contributed by atoms with E-state index in [1.807, 2.05) is 11.6 Å². The van der Waals surface area contributed by atoms with E-state index >= 15 is 0 Å². The van der Waals surface area contributed by atoms with E-state index in [0.29, 0.717) is 24.6 Å². The van der Waals surface area contributed by atoms with Crippen LogP contribution in [0.3, 0.4) is 0 Å². The molecule has 58 heavy (non-hydrogen) atoms. The molecule has 316 valence electrons. The van der Waals surface area contributed by atoms with E-state index < -0.39 is 111 Å². The van der Waals surface area contributed by atoms with Crippen molar-refractivity contribution in [3.05, 3.63) is 42.4 Å². The van der Waals surface area contributed by atoms with Gasteiger partial charge in [-0.1, -0.05) is 26.0 Å². The first-order valence-electron chi connectivity index (χ1n) is 19.4. The number of ether oxygens (including phenoxy) is 2. The lowest BCUT2D eigenvalue weighted by Crippen LogP contribution is -2.60. The monoisotopic (exact) mass is 839 g/mol. The number of methoxy groups -OCH3 is 1. The van der Waals surface area contributed by atoms with Crippen molar-refractivity contribution in [2.75, 3.05) is 20.3 Å². The summed E-state index contributed by atoms with van der Waals surface area (Å²) in [6.07, 6.45) is -0.758. The molecule has 7 rings (SSSR count). The van der Waals surface area contributed by atoms with Crippen LogP contribution in [0, 0.1) is 29.0 Å². The number of halogens is 5. The number of allylic oxidation sites excluding steroid dienone is 1. The van der Waals surface area contributed by atoms with Gasteiger partial charge in [0.25, 0.3) is 5.91 Å². The third-order valence-corrected chi connectivity index (χ3v) is 14.7. The van der Waals surface area contributed by atoms with Gasteiger partial charge in [0, 0.05) is 23.9 Å². The summed E-state index contributed by atoms with van der Waals surface area (Å²) in [7, 11) is -3.18. The van der Waals surface area contributed by atoms with Gasteiger partial charge in [-0.25, -0.2) is 22.2 Å². The summed E-state index contributed by atoms with van der Waals surface area (Å²) in [5, 5.41) is 5.81. The number of hydrogen-bond acceptors (Lipinski definition) is 9. The third-order valence-electron chi connectivity index (χ3n) is 12.6. The Bertz CT molecular complexity index is 2140. The lowest BCUT2D eigenvalue weighted by Gasteiger charge is -2.34. The maximum Gasteiger partial charge on any atom is 0.403 e. The van der Waals surface area contributed by atoms with Gasteiger partial charge < -0.3 is 25.0 Å². The fourth-order valence-electron chi connectivity index (χ4n) is 8.35. The Morgan fingerprint density at radius 2 is 1.81 bits per heavy atom. The number of aromatic nitrogens is 1. The predicted molar refractivity (Wildman–Crippen MR) is 198 cm³/mol. The molecular weight excluding hydrogens is 794 g/mol. The molecule has 1 aromatic heterocycles. The summed E-state index contributed by atoms with van der Waals surface area (Å²) in [5.74, 6) is -6.44. The summed E-state index contributed by atoms with van der Waals surface area (Å²) in [6, 6.07) is 1.22. The number of nitrogens with one attached hydrogen (secondary N) is 3. The molecule has 0 spiro atoms. The zero-order chi connectivity index (χ0) is 42.0. The minimum atomic E-state index is -4.86. The molecule has 7 atom stereocenters. The molecule has 2 aromatic rings. The van der Waals surface area contributed by atoms with Crippen molar-refractivity contribution < 1.29 is 59.0 Å². The van der Waals surface area contributed by atoms with Crippen LogP contribution in [0.4, 0.5) is 22.0 Å². The van der Waals surface area contributed by atoms with Crippen LogP contribution in [0.2, 0.25) is 0 Å². The number of benzene rings is 1. The van der Waals surface area contributed by atoms with E-state index in [1.54, 1.807) is 25.1 Å². The predicted octanol–water partition coefficient (Wildman–Crippen LogP) is 4.39. The highest BCUT2D eigenvalue weighted by molar-refractivity contribution is 7.91. The summed E-state index contributed by atoms with van der Waals surface area (Å²) in [6.45, 7) is 2.00. The average Bonchev–Trinajstić information content (AvgIpc) is 4.08. The molecule has 3 saturated carbocycles. The molecule has 4 amide bonds. The summed E-state index contributed by atoms with van der Waals surface area (Å²) in [5.41, 5.74) is -4.44. The number of sulfonamides is 1. The second-order valence-electron chi connectivity index (χ2n) is 16.7. The van der Waals surface area contributed by atoms with Crippen LogP contribution in [0.1, 0.15) is 71.6 Å². The van der Waals surface area contributed by atoms with Crippen molar-refractivity contribution >= 4 is 44.4 Å². The van der Waals surface area contributed by atoms with Gasteiger partial charge in [0.15, 0.2) is 11.6 Å². The zero-order valence-corrected chi connectivity index (χ0v) is 33.0. The average molecular weight is 840 g/mol. The molecule has 0 unspecified atom stereocenters. The molecule has 13 nitrogen and oxygen atoms in total. The second kappa shape index (κ2) is 14.9. The van der Waals surface area contributed by atoms with Gasteiger partial charge in [-0.3, -0.25) is 23.9 Å². The molecule has 3 aliphatic carbocycles. The van der Waals surface area contributed by atoms with Crippen molar-refractivity contribution in [2.24, 2.45) is 23.2 Å². The van der Waals surface area contributed by atoms with Crippen LogP contribution in [-0.4, -0.2) is 96.9 Å². The highest BCUT2D eigenvalue weighted by Crippen LogP contribution is 2.58. The van der Waals surface area contributed by atoms with Gasteiger partial charge in [-0.15, -0.1) is 0 Å². The maximum absolute atomic E-state index is 14.9. The number of rotatable bonds is 9. The molecule has 5 aliphatic rings. The van der Waals surface area contributed by atoms with Crippen molar-refractivity contribution in [2.45, 2.75) is 106 Å². The Hall–Kier alpha value is -4.55. The fraction of sp³-hybridized carbons (Fsp3) is 0.615. The lowest BCUT2D eigenvalue weighted by atomic mass is 9.87. The Balaban J connectivity index is 1.24. The maximum atomic E-state index is 14.9. The van der Waals surface area contributed by atoms with E-state index in [1.165, 1.54) is 19.4 Å². The summed E-state index contributed by atoms with van der Waals surface area (Å²) >= 11 is 0. The van der Waals surface area contributed by atoms with E-state index in [0.717, 1.165) is 11.0 Å². The lowest BCUT2D eigenvalue weighted by molar-refractivity contribution is -0.193. The van der Waals surface area contributed by atoms with Crippen LogP contribution in [-0.2, 0) is 29.2 Å². The Kier molecular flexibility index (Phi) is 10.7. The first-order chi connectivity index (χ1) is 27.3. The molecule has 0 radical (unpaired) electrons. The molecule has 3 N–H and O–H groups in total. The smallest absolute Gasteiger partial charge is 0.403 e. The van der Waals surface area contributed by atoms with Crippen molar-refractivity contribution in [1.82, 2.24) is 25.2 Å². The van der Waals surface area contributed by atoms with Gasteiger partial charge in [0.05, 0.1) is 13.7 Å². The van der Waals surface area contributed by atoms with Crippen LogP contribution in [0.5, 0.6) is 11.6 Å². The van der Waals surface area contributed by atoms with Gasteiger partial charge in [-0.05, 0) is 86.8 Å². The number of fused-ring (bicyclic) bond motifs is 3. The standard InChI is InChI=1S/C39H46F5N5O8S/c1-21-6-4-5-7-24-18-38(24,35(53)48-58(54,55)36(20-40)9-10-36)47-31(50)28-16-25(57-32-26-17-27(41)29(56-3)15-23(26)8-13-45-32)19-49(28)33(51)30(22(2)14-21)46-34(52)37(11-12-37)39(42,43)44/h5,7-8,13,15,17,21-22,24-25,28,30H,4,6,9-12,14,16,18-20H2,1-3H3,(H,46,52)(H,47,50)(H,48,53)/b7-5-/t21-,22-,24-,25-,28+,30+,38-/m1/s1. The molecule has 3 heterocycles. The Morgan fingerprint density at radius 1 is 1.09 bits per heavy atom. The molecule has 19 heteroatoms. The number of carbonyl (C=O) groups is 4. The minimum absolute atomic E-state index is 0.0134. The number of pyridine rings is 1. The van der Waals surface area contributed by atoms with Crippen molar-refractivity contribution in [3.63, 3.8) is 0 Å². The van der Waals surface area contributed by atoms with E-state index in [4.69, 9.17) is 9.47 Å². The number of carbonyl (C=O) groups excluding carboxylic acids is 4. The second-order valence-corrected chi connectivity index (χ2v) is 18.8. The van der Waals surface area contributed by atoms with Gasteiger partial charge in [0.1, 0.15) is 40.6 Å². The quantitative estimate of drug-likeness (QED) is 0.245. The number of amides is 4. The third kappa shape index (κ3) is 7.46. The van der Waals surface area contributed by atoms with Gasteiger partial charge in [-0.2, -0.15) is 13.2 Å². The van der Waals surface area contributed by atoms with Crippen LogP contribution in [0.15, 0.2) is 36.5 Å². The van der Waals surface area contributed by atoms with Gasteiger partial charge in [0.2, 0.25) is 33.6 Å². The van der Waals surface area contributed by atoms with Crippen LogP contribution in [0.25, 0.3) is 10.8 Å². The van der Waals surface area contributed by atoms with Crippen LogP contribution >= 0.6 is 0 Å². The van der Waals surface area contributed by atoms with E-state index in [-0.39, 0.29) is 55.2 Å². The topological polar surface area (TPSA) is 173 Å². The summed E-state index contributed by atoms with van der Waals surface area (Å²) < 4.78 is 109. The molecule has 2 aliphatic heterocycles. The molecular formula is C39H46F5N5O8S. The highest BCUT2D eigenvalue weighted by atomic mass is 32.2. The van der Waals surface area contributed by atoms with Gasteiger partial charge >= 0.3 is 6.18 Å². The Labute approximate surface area is 331 Å². The largest absolute Gasteiger partial charge is 0.494 e. The number of nitrogens with zero attached hydrogens (tertiary/aromatic N) is 2. The molecule has 1 aromatic carbocycles. The minimum Gasteiger partial charge on any atom is -0.494 e. The normalized spacial score (nSPS) is 31.1. The SMILES string of the molecule is COc1cc2ccnc(O[C@@H]3C[C@H]4C(=O)N[C@]5(C(=O)NS(=O)(=O)C6(CF)CC6)C[C@H]5/C=C\CC[C@@H](C)C[C@@H](C)[C@H](NC(=O)C5(C(F)(F)F)CC5)C(=O)N4C3)c2cc1F.